The summed E-state index contributed by atoms with van der Waals surface area (Å²) in [5, 5.41) is 5.51. The fourth-order valence-corrected chi connectivity index (χ4v) is 3.44. The summed E-state index contributed by atoms with van der Waals surface area (Å²) < 4.78 is 13.1. The van der Waals surface area contributed by atoms with Crippen LogP contribution in [0.2, 0.25) is 5.02 Å². The minimum atomic E-state index is -0.0558. The zero-order chi connectivity index (χ0) is 21.3. The Hall–Kier alpha value is -3.38. The van der Waals surface area contributed by atoms with Gasteiger partial charge in [0.25, 0.3) is 5.89 Å². The minimum absolute atomic E-state index is 0.0275. The quantitative estimate of drug-likeness (QED) is 0.365. The van der Waals surface area contributed by atoms with E-state index in [4.69, 9.17) is 20.9 Å². The van der Waals surface area contributed by atoms with E-state index in [1.807, 2.05) is 54.9 Å². The third-order valence-corrected chi connectivity index (χ3v) is 4.87. The lowest BCUT2D eigenvalue weighted by molar-refractivity contribution is -0.115. The summed E-state index contributed by atoms with van der Waals surface area (Å²) in [7, 11) is 0. The van der Waals surface area contributed by atoms with Crippen LogP contribution in [0.1, 0.15) is 13.8 Å². The predicted octanol–water partition coefficient (Wildman–Crippen LogP) is 5.55. The maximum Gasteiger partial charge on any atom is 0.258 e. The third-order valence-electron chi connectivity index (χ3n) is 4.58. The maximum absolute atomic E-state index is 11.7. The van der Waals surface area contributed by atoms with Crippen molar-refractivity contribution in [3.05, 3.63) is 66.3 Å². The molecule has 0 bridgehead atoms. The van der Waals surface area contributed by atoms with Gasteiger partial charge in [0.05, 0.1) is 17.7 Å². The zero-order valence-electron chi connectivity index (χ0n) is 16.6. The Morgan fingerprint density at radius 3 is 2.87 bits per heavy atom. The first-order valence-corrected chi connectivity index (χ1v) is 9.88. The molecule has 0 saturated carbocycles. The molecule has 2 heterocycles. The first kappa shape index (κ1) is 19.9. The van der Waals surface area contributed by atoms with Gasteiger partial charge < -0.3 is 13.8 Å². The average Bonchev–Trinajstić information content (AvgIpc) is 3.37. The molecule has 4 rings (SSSR count). The molecule has 0 fully saturated rings. The Bertz CT molecular complexity index is 1240. The Morgan fingerprint density at radius 2 is 2.13 bits per heavy atom. The van der Waals surface area contributed by atoms with Gasteiger partial charge in [-0.05, 0) is 56.3 Å². The van der Waals surface area contributed by atoms with Gasteiger partial charge in [0.15, 0.2) is 5.78 Å². The van der Waals surface area contributed by atoms with E-state index in [9.17, 15) is 4.79 Å². The smallest absolute Gasteiger partial charge is 0.258 e. The van der Waals surface area contributed by atoms with Crippen LogP contribution in [-0.4, -0.2) is 26.6 Å². The van der Waals surface area contributed by atoms with Crippen LogP contribution in [0.25, 0.3) is 33.7 Å². The van der Waals surface area contributed by atoms with Crippen LogP contribution in [0, 0.1) is 0 Å². The second kappa shape index (κ2) is 8.16. The summed E-state index contributed by atoms with van der Waals surface area (Å²) in [5.41, 5.74) is 2.43. The number of nitrogens with zero attached hydrogens (tertiary/aromatic N) is 3. The molecular weight excluding hydrogens is 402 g/mol. The lowest BCUT2D eigenvalue weighted by Gasteiger charge is -2.11. The topological polar surface area (TPSA) is 70.2 Å². The molecule has 0 atom stereocenters. The van der Waals surface area contributed by atoms with Crippen molar-refractivity contribution in [2.75, 3.05) is 0 Å². The van der Waals surface area contributed by atoms with Gasteiger partial charge in [0, 0.05) is 28.2 Å². The van der Waals surface area contributed by atoms with E-state index in [-0.39, 0.29) is 18.4 Å². The number of ether oxygens (including phenoxy) is 1. The van der Waals surface area contributed by atoms with Gasteiger partial charge >= 0.3 is 0 Å². The zero-order valence-corrected chi connectivity index (χ0v) is 17.4. The van der Waals surface area contributed by atoms with Crippen molar-refractivity contribution < 1.29 is 14.1 Å². The molecule has 2 aromatic heterocycles. The van der Waals surface area contributed by atoms with Gasteiger partial charge in [-0.1, -0.05) is 29.4 Å². The van der Waals surface area contributed by atoms with Gasteiger partial charge in [0.1, 0.15) is 5.75 Å². The van der Waals surface area contributed by atoms with Crippen molar-refractivity contribution in [2.24, 2.45) is 0 Å². The van der Waals surface area contributed by atoms with Gasteiger partial charge in [-0.3, -0.25) is 4.79 Å². The van der Waals surface area contributed by atoms with Crippen LogP contribution < -0.4 is 4.74 Å². The molecule has 0 unspecified atom stereocenters. The number of rotatable bonds is 7. The number of hydrogen-bond donors (Lipinski definition) is 0. The third kappa shape index (κ3) is 3.86. The predicted molar refractivity (Wildman–Crippen MR) is 117 cm³/mol. The normalized spacial score (nSPS) is 11.2. The Balaban J connectivity index is 1.68. The number of carbonyl (C=O) groups is 1. The highest BCUT2D eigenvalue weighted by molar-refractivity contribution is 6.32. The number of aromatic nitrogens is 3. The molecule has 0 amide bonds. The molecule has 0 spiro atoms. The molecule has 30 heavy (non-hydrogen) atoms. The van der Waals surface area contributed by atoms with Crippen molar-refractivity contribution in [3.63, 3.8) is 0 Å². The fraction of sp³-hybridized carbons (Fsp3) is 0.174. The van der Waals surface area contributed by atoms with Crippen LogP contribution in [-0.2, 0) is 11.3 Å². The number of carbonyl (C=O) groups excluding carboxylic acids is 1. The number of hydrogen-bond acceptors (Lipinski definition) is 5. The molecule has 0 saturated heterocycles. The fourth-order valence-electron chi connectivity index (χ4n) is 3.22. The van der Waals surface area contributed by atoms with Gasteiger partial charge in [0.2, 0.25) is 5.82 Å². The summed E-state index contributed by atoms with van der Waals surface area (Å²) >= 11 is 6.33. The van der Waals surface area contributed by atoms with E-state index in [0.29, 0.717) is 22.5 Å². The molecule has 0 aliphatic heterocycles. The van der Waals surface area contributed by atoms with Crippen molar-refractivity contribution in [3.8, 4) is 28.6 Å². The van der Waals surface area contributed by atoms with Crippen LogP contribution >= 0.6 is 11.6 Å². The molecule has 2 aromatic carbocycles. The van der Waals surface area contributed by atoms with Gasteiger partial charge in [-0.25, -0.2) is 0 Å². The highest BCUT2D eigenvalue weighted by Gasteiger charge is 2.16. The van der Waals surface area contributed by atoms with Crippen molar-refractivity contribution in [2.45, 2.75) is 26.5 Å². The van der Waals surface area contributed by atoms with Crippen LogP contribution in [0.5, 0.6) is 5.75 Å². The van der Waals surface area contributed by atoms with Crippen LogP contribution in [0.15, 0.2) is 65.8 Å². The molecular formula is C23H20ClN3O3. The Morgan fingerprint density at radius 1 is 1.30 bits per heavy atom. The van der Waals surface area contributed by atoms with E-state index >= 15 is 0 Å². The lowest BCUT2D eigenvalue weighted by Crippen LogP contribution is -2.05. The monoisotopic (exact) mass is 421 g/mol. The maximum atomic E-state index is 11.7. The highest BCUT2D eigenvalue weighted by Crippen LogP contribution is 2.33. The van der Waals surface area contributed by atoms with E-state index in [1.165, 1.54) is 6.08 Å². The van der Waals surface area contributed by atoms with E-state index < -0.39 is 0 Å². The van der Waals surface area contributed by atoms with Gasteiger partial charge in [-0.2, -0.15) is 4.98 Å². The molecule has 0 N–H and O–H groups in total. The summed E-state index contributed by atoms with van der Waals surface area (Å²) in [6.45, 7) is 7.64. The summed E-state index contributed by atoms with van der Waals surface area (Å²) in [4.78, 5) is 16.3. The molecule has 0 aliphatic rings. The minimum Gasteiger partial charge on any atom is -0.489 e. The lowest BCUT2D eigenvalue weighted by atomic mass is 10.1. The molecule has 0 aliphatic carbocycles. The summed E-state index contributed by atoms with van der Waals surface area (Å²) in [6.07, 6.45) is 3.21. The number of ketones is 1. The van der Waals surface area contributed by atoms with Crippen molar-refractivity contribution in [1.29, 1.82) is 0 Å². The molecule has 152 valence electrons. The summed E-state index contributed by atoms with van der Waals surface area (Å²) in [5.74, 6) is 1.38. The molecule has 4 aromatic rings. The number of allylic oxidation sites excluding steroid dienone is 1. The second-order valence-corrected chi connectivity index (χ2v) is 7.49. The first-order valence-electron chi connectivity index (χ1n) is 9.50. The molecule has 0 radical (unpaired) electrons. The van der Waals surface area contributed by atoms with Crippen molar-refractivity contribution in [1.82, 2.24) is 14.7 Å². The van der Waals surface area contributed by atoms with Crippen molar-refractivity contribution >= 4 is 28.3 Å². The summed E-state index contributed by atoms with van der Waals surface area (Å²) in [6, 6.07) is 13.1. The first-order chi connectivity index (χ1) is 14.5. The highest BCUT2D eigenvalue weighted by atomic mass is 35.5. The largest absolute Gasteiger partial charge is 0.489 e. The number of halogens is 1. The number of fused-ring (bicyclic) bond motifs is 1. The Kier molecular flexibility index (Phi) is 5.42. The average molecular weight is 422 g/mol. The Labute approximate surface area is 178 Å². The SMILES string of the molecule is C=CC(=O)Cn1ccc2c(-c3nc(-c4ccc(OC(C)C)c(Cl)c4)no3)cccc21. The standard InChI is InChI=1S/C23H20ClN3O3/c1-4-16(28)13-27-11-10-17-18(6-5-7-20(17)27)23-25-22(26-30-23)15-8-9-21(19(24)12-15)29-14(2)3/h4-12,14H,1,13H2,2-3H3. The van der Waals surface area contributed by atoms with E-state index in [2.05, 4.69) is 16.7 Å². The van der Waals surface area contributed by atoms with E-state index in [0.717, 1.165) is 22.0 Å². The van der Waals surface area contributed by atoms with Crippen LogP contribution in [0.4, 0.5) is 0 Å². The molecule has 7 heteroatoms. The van der Waals surface area contributed by atoms with E-state index in [1.54, 1.807) is 12.1 Å². The number of benzene rings is 2. The van der Waals surface area contributed by atoms with Gasteiger partial charge in [-0.15, -0.1) is 0 Å². The second-order valence-electron chi connectivity index (χ2n) is 7.09. The van der Waals surface area contributed by atoms with Crippen LogP contribution in [0.3, 0.4) is 0 Å². The molecule has 6 nitrogen and oxygen atoms in total.